The Hall–Kier alpha value is -1.42. The van der Waals surface area contributed by atoms with Gasteiger partial charge in [0.2, 0.25) is 0 Å². The average Bonchev–Trinajstić information content (AvgIpc) is 3.19. The first-order valence-electron chi connectivity index (χ1n) is 9.89. The normalized spacial score (nSPS) is 28.5. The molecular formula is C23H30O2Si. The number of aliphatic hydroxyl groups excluding tert-OH is 1. The third kappa shape index (κ3) is 2.86. The van der Waals surface area contributed by atoms with Gasteiger partial charge in [-0.25, -0.2) is 0 Å². The second-order valence-electron chi connectivity index (χ2n) is 9.11. The molecule has 0 heterocycles. The van der Waals surface area contributed by atoms with Crippen LogP contribution in [0.1, 0.15) is 40.0 Å². The van der Waals surface area contributed by atoms with E-state index in [4.69, 9.17) is 4.43 Å². The van der Waals surface area contributed by atoms with E-state index < -0.39 is 8.32 Å². The van der Waals surface area contributed by atoms with Crippen molar-refractivity contribution in [2.24, 2.45) is 11.8 Å². The van der Waals surface area contributed by atoms with E-state index in [9.17, 15) is 5.11 Å². The Labute approximate surface area is 158 Å². The second-order valence-corrected chi connectivity index (χ2v) is 13.4. The third-order valence-corrected chi connectivity index (χ3v) is 11.6. The molecule has 4 rings (SSSR count). The molecule has 0 aromatic heterocycles. The minimum absolute atomic E-state index is 0.0240. The van der Waals surface area contributed by atoms with E-state index >= 15 is 0 Å². The summed E-state index contributed by atoms with van der Waals surface area (Å²) in [7, 11) is -2.46. The highest BCUT2D eigenvalue weighted by Crippen LogP contribution is 2.49. The number of hydrogen-bond donors (Lipinski definition) is 1. The lowest BCUT2D eigenvalue weighted by Crippen LogP contribution is -2.68. The van der Waals surface area contributed by atoms with Gasteiger partial charge in [-0.05, 0) is 46.5 Å². The lowest BCUT2D eigenvalue weighted by Gasteiger charge is -2.46. The van der Waals surface area contributed by atoms with E-state index in [2.05, 4.69) is 81.4 Å². The van der Waals surface area contributed by atoms with Gasteiger partial charge in [0, 0.05) is 6.10 Å². The molecule has 0 amide bonds. The molecule has 0 aliphatic heterocycles. The number of hydrogen-bond acceptors (Lipinski definition) is 2. The van der Waals surface area contributed by atoms with Gasteiger partial charge in [0.25, 0.3) is 8.32 Å². The summed E-state index contributed by atoms with van der Waals surface area (Å²) < 4.78 is 7.25. The fourth-order valence-corrected chi connectivity index (χ4v) is 10.0. The monoisotopic (exact) mass is 366 g/mol. The maximum atomic E-state index is 10.2. The maximum absolute atomic E-state index is 10.2. The summed E-state index contributed by atoms with van der Waals surface area (Å²) in [5.74, 6) is 0.944. The van der Waals surface area contributed by atoms with Gasteiger partial charge in [0.15, 0.2) is 0 Å². The van der Waals surface area contributed by atoms with Gasteiger partial charge in [-0.3, -0.25) is 0 Å². The SMILES string of the molecule is CC(C)(C)[Si](O[C@H]1CC2C[C@@H]1C[C@H]2O)(c1ccccc1)c1ccccc1. The standard InChI is InChI=1S/C23H30O2Si/c1-23(2,3)26(19-10-6-4-7-11-19,20-12-8-5-9-13-20)25-22-16-17-14-18(22)15-21(17)24/h4-13,17-18,21-22,24H,14-16H2,1-3H3/t17?,18-,21-,22+/m1/s1. The quantitative estimate of drug-likeness (QED) is 0.836. The number of benzene rings is 2. The van der Waals surface area contributed by atoms with Crippen LogP contribution in [0.4, 0.5) is 0 Å². The average molecular weight is 367 g/mol. The number of aliphatic hydroxyl groups is 1. The molecule has 3 heteroatoms. The number of fused-ring (bicyclic) bond motifs is 2. The summed E-state index contributed by atoms with van der Waals surface area (Å²) in [6.07, 6.45) is 3.21. The Balaban J connectivity index is 1.81. The zero-order chi connectivity index (χ0) is 18.4. The largest absolute Gasteiger partial charge is 0.404 e. The summed E-state index contributed by atoms with van der Waals surface area (Å²) >= 11 is 0. The molecule has 2 aromatic carbocycles. The van der Waals surface area contributed by atoms with Crippen molar-refractivity contribution in [3.63, 3.8) is 0 Å². The molecule has 0 saturated heterocycles. The molecule has 2 aromatic rings. The lowest BCUT2D eigenvalue weighted by atomic mass is 9.95. The molecule has 26 heavy (non-hydrogen) atoms. The van der Waals surface area contributed by atoms with E-state index in [1.165, 1.54) is 10.4 Å². The first-order chi connectivity index (χ1) is 12.4. The van der Waals surface area contributed by atoms with Crippen LogP contribution in [0.2, 0.25) is 5.04 Å². The minimum atomic E-state index is -2.46. The van der Waals surface area contributed by atoms with Crippen LogP contribution in [0.5, 0.6) is 0 Å². The third-order valence-electron chi connectivity index (χ3n) is 6.50. The smallest absolute Gasteiger partial charge is 0.261 e. The zero-order valence-corrected chi connectivity index (χ0v) is 17.1. The van der Waals surface area contributed by atoms with Crippen LogP contribution in [0.15, 0.2) is 60.7 Å². The zero-order valence-electron chi connectivity index (χ0n) is 16.1. The number of rotatable bonds is 4. The summed E-state index contributed by atoms with van der Waals surface area (Å²) in [6.45, 7) is 7.00. The summed E-state index contributed by atoms with van der Waals surface area (Å²) in [4.78, 5) is 0. The van der Waals surface area contributed by atoms with Crippen molar-refractivity contribution in [3.8, 4) is 0 Å². The summed E-state index contributed by atoms with van der Waals surface area (Å²) in [6, 6.07) is 21.8. The highest BCUT2D eigenvalue weighted by atomic mass is 28.4. The van der Waals surface area contributed by atoms with Crippen LogP contribution in [-0.4, -0.2) is 25.6 Å². The van der Waals surface area contributed by atoms with E-state index in [1.54, 1.807) is 0 Å². The van der Waals surface area contributed by atoms with Gasteiger partial charge < -0.3 is 9.53 Å². The predicted molar refractivity (Wildman–Crippen MR) is 109 cm³/mol. The van der Waals surface area contributed by atoms with E-state index in [-0.39, 0.29) is 17.2 Å². The topological polar surface area (TPSA) is 29.5 Å². The molecule has 0 radical (unpaired) electrons. The van der Waals surface area contributed by atoms with Gasteiger partial charge in [-0.1, -0.05) is 81.4 Å². The van der Waals surface area contributed by atoms with Gasteiger partial charge in [-0.2, -0.15) is 0 Å². The Morgan fingerprint density at radius 2 is 1.35 bits per heavy atom. The van der Waals surface area contributed by atoms with Crippen LogP contribution >= 0.6 is 0 Å². The van der Waals surface area contributed by atoms with Crippen LogP contribution in [-0.2, 0) is 4.43 Å². The van der Waals surface area contributed by atoms with Crippen molar-refractivity contribution in [2.45, 2.75) is 57.3 Å². The molecule has 4 atom stereocenters. The molecule has 138 valence electrons. The molecule has 2 fully saturated rings. The highest BCUT2D eigenvalue weighted by molar-refractivity contribution is 6.99. The van der Waals surface area contributed by atoms with Gasteiger partial charge >= 0.3 is 0 Å². The Morgan fingerprint density at radius 3 is 1.73 bits per heavy atom. The molecule has 2 bridgehead atoms. The fraction of sp³-hybridized carbons (Fsp3) is 0.478. The Morgan fingerprint density at radius 1 is 0.808 bits per heavy atom. The predicted octanol–water partition coefficient (Wildman–Crippen LogP) is 3.72. The van der Waals surface area contributed by atoms with E-state index in [1.807, 2.05) is 0 Å². The van der Waals surface area contributed by atoms with Crippen LogP contribution < -0.4 is 10.4 Å². The molecular weight excluding hydrogens is 336 g/mol. The van der Waals surface area contributed by atoms with Crippen molar-refractivity contribution in [1.82, 2.24) is 0 Å². The van der Waals surface area contributed by atoms with Gasteiger partial charge in [0.05, 0.1) is 6.10 Å². The fourth-order valence-electron chi connectivity index (χ4n) is 5.26. The first kappa shape index (κ1) is 18.0. The Bertz CT molecular complexity index is 696. The molecule has 1 N–H and O–H groups in total. The molecule has 2 saturated carbocycles. The molecule has 1 unspecified atom stereocenters. The van der Waals surface area contributed by atoms with Gasteiger partial charge in [0.1, 0.15) is 0 Å². The van der Waals surface area contributed by atoms with Crippen LogP contribution in [0.25, 0.3) is 0 Å². The van der Waals surface area contributed by atoms with Crippen molar-refractivity contribution in [1.29, 1.82) is 0 Å². The van der Waals surface area contributed by atoms with Crippen molar-refractivity contribution < 1.29 is 9.53 Å². The van der Waals surface area contributed by atoms with Crippen LogP contribution in [0.3, 0.4) is 0 Å². The minimum Gasteiger partial charge on any atom is -0.404 e. The molecule has 2 aliphatic rings. The second kappa shape index (κ2) is 6.63. The Kier molecular flexibility index (Phi) is 4.58. The first-order valence-corrected chi connectivity index (χ1v) is 11.8. The van der Waals surface area contributed by atoms with Crippen molar-refractivity contribution in [3.05, 3.63) is 60.7 Å². The molecule has 0 spiro atoms. The lowest BCUT2D eigenvalue weighted by molar-refractivity contribution is 0.0523. The maximum Gasteiger partial charge on any atom is 0.261 e. The van der Waals surface area contributed by atoms with Crippen molar-refractivity contribution in [2.75, 3.05) is 0 Å². The summed E-state index contributed by atoms with van der Waals surface area (Å²) in [5, 5.41) is 12.9. The molecule has 2 aliphatic carbocycles. The summed E-state index contributed by atoms with van der Waals surface area (Å²) in [5.41, 5.74) is 0. The van der Waals surface area contributed by atoms with Crippen molar-refractivity contribution >= 4 is 18.7 Å². The molecule has 2 nitrogen and oxygen atoms in total. The van der Waals surface area contributed by atoms with Gasteiger partial charge in [-0.15, -0.1) is 0 Å². The van der Waals surface area contributed by atoms with E-state index in [0.29, 0.717) is 11.8 Å². The van der Waals surface area contributed by atoms with Crippen LogP contribution in [0, 0.1) is 11.8 Å². The highest BCUT2D eigenvalue weighted by Gasteiger charge is 2.55. The van der Waals surface area contributed by atoms with E-state index in [0.717, 1.165) is 19.3 Å².